The molecule has 0 saturated heterocycles. The van der Waals surface area contributed by atoms with Gasteiger partial charge in [-0.1, -0.05) is 47.6 Å². The number of carboxylic acids is 1. The second kappa shape index (κ2) is 11.7. The maximum absolute atomic E-state index is 12.7. The first-order chi connectivity index (χ1) is 18.3. The van der Waals surface area contributed by atoms with Gasteiger partial charge in [0, 0.05) is 30.4 Å². The first kappa shape index (κ1) is 26.0. The van der Waals surface area contributed by atoms with E-state index in [9.17, 15) is 14.4 Å². The standard InChI is InChI=1S/C28H26N4O6/c1-18(15-26(33)34)32(2)27(35)25-17-23(31-38-25)19-9-8-10-20(16-19)29-28(36)30-22-13-6-7-14-24(22)37-21-11-4-3-5-12-21/h3-14,16-18H,15H2,1-2H3,(H,33,34)(H2,29,30,36). The maximum atomic E-state index is 12.7. The molecule has 0 aliphatic rings. The molecule has 0 aliphatic heterocycles. The zero-order valence-electron chi connectivity index (χ0n) is 20.8. The van der Waals surface area contributed by atoms with Crippen molar-refractivity contribution >= 4 is 29.3 Å². The van der Waals surface area contributed by atoms with E-state index in [0.29, 0.717) is 34.1 Å². The monoisotopic (exact) mass is 514 g/mol. The van der Waals surface area contributed by atoms with Crippen LogP contribution in [0.3, 0.4) is 0 Å². The molecule has 0 saturated carbocycles. The van der Waals surface area contributed by atoms with Gasteiger partial charge < -0.3 is 29.9 Å². The Morgan fingerprint density at radius 2 is 1.71 bits per heavy atom. The van der Waals surface area contributed by atoms with Gasteiger partial charge in [0.15, 0.2) is 5.75 Å². The SMILES string of the molecule is CC(CC(=O)O)N(C)C(=O)c1cc(-c2cccc(NC(=O)Nc3ccccc3Oc3ccccc3)c2)no1. The molecule has 1 heterocycles. The summed E-state index contributed by atoms with van der Waals surface area (Å²) >= 11 is 0. The molecule has 10 heteroatoms. The number of nitrogens with zero attached hydrogens (tertiary/aromatic N) is 2. The number of urea groups is 1. The van der Waals surface area contributed by atoms with Crippen molar-refractivity contribution in [3.05, 3.63) is 90.7 Å². The normalized spacial score (nSPS) is 11.3. The summed E-state index contributed by atoms with van der Waals surface area (Å²) in [6.07, 6.45) is -0.193. The Morgan fingerprint density at radius 1 is 0.974 bits per heavy atom. The smallest absolute Gasteiger partial charge is 0.323 e. The minimum atomic E-state index is -1.00. The Labute approximate surface area is 218 Å². The van der Waals surface area contributed by atoms with Crippen LogP contribution in [0.5, 0.6) is 11.5 Å². The van der Waals surface area contributed by atoms with E-state index >= 15 is 0 Å². The van der Waals surface area contributed by atoms with E-state index in [1.54, 1.807) is 49.4 Å². The number of anilines is 2. The van der Waals surface area contributed by atoms with Crippen molar-refractivity contribution in [2.75, 3.05) is 17.7 Å². The maximum Gasteiger partial charge on any atom is 0.323 e. The number of ether oxygens (including phenoxy) is 1. The van der Waals surface area contributed by atoms with Crippen LogP contribution < -0.4 is 15.4 Å². The molecule has 1 aromatic heterocycles. The van der Waals surface area contributed by atoms with Gasteiger partial charge in [0.2, 0.25) is 5.76 Å². The zero-order chi connectivity index (χ0) is 27.1. The molecule has 194 valence electrons. The Balaban J connectivity index is 1.43. The van der Waals surface area contributed by atoms with Crippen LogP contribution in [0.4, 0.5) is 16.2 Å². The van der Waals surface area contributed by atoms with Gasteiger partial charge in [-0.05, 0) is 43.3 Å². The Bertz CT molecular complexity index is 1440. The fraction of sp³-hybridized carbons (Fsp3) is 0.143. The average molecular weight is 515 g/mol. The lowest BCUT2D eigenvalue weighted by atomic mass is 10.1. The summed E-state index contributed by atoms with van der Waals surface area (Å²) in [6, 6.07) is 23.7. The van der Waals surface area contributed by atoms with Crippen molar-refractivity contribution in [2.45, 2.75) is 19.4 Å². The van der Waals surface area contributed by atoms with Crippen molar-refractivity contribution in [3.8, 4) is 22.8 Å². The summed E-state index contributed by atoms with van der Waals surface area (Å²) in [7, 11) is 1.50. The second-order valence-corrected chi connectivity index (χ2v) is 8.51. The topological polar surface area (TPSA) is 134 Å². The number of para-hydroxylation sites is 3. The van der Waals surface area contributed by atoms with Gasteiger partial charge in [0.25, 0.3) is 5.91 Å². The lowest BCUT2D eigenvalue weighted by Gasteiger charge is -2.22. The van der Waals surface area contributed by atoms with Gasteiger partial charge in [0.1, 0.15) is 11.4 Å². The number of carbonyl (C=O) groups is 3. The number of carbonyl (C=O) groups excluding carboxylic acids is 2. The highest BCUT2D eigenvalue weighted by Crippen LogP contribution is 2.29. The molecule has 3 amide bonds. The lowest BCUT2D eigenvalue weighted by Crippen LogP contribution is -2.36. The minimum Gasteiger partial charge on any atom is -0.481 e. The molecule has 1 unspecified atom stereocenters. The van der Waals surface area contributed by atoms with E-state index in [1.165, 1.54) is 18.0 Å². The van der Waals surface area contributed by atoms with Crippen molar-refractivity contribution in [1.82, 2.24) is 10.1 Å². The van der Waals surface area contributed by atoms with E-state index < -0.39 is 23.9 Å². The van der Waals surface area contributed by atoms with Crippen LogP contribution in [-0.2, 0) is 4.79 Å². The molecule has 0 spiro atoms. The van der Waals surface area contributed by atoms with Gasteiger partial charge in [-0.3, -0.25) is 9.59 Å². The fourth-order valence-corrected chi connectivity index (χ4v) is 3.59. The quantitative estimate of drug-likeness (QED) is 0.260. The van der Waals surface area contributed by atoms with Crippen molar-refractivity contribution in [3.63, 3.8) is 0 Å². The Kier molecular flexibility index (Phi) is 8.02. The third-order valence-electron chi connectivity index (χ3n) is 5.69. The van der Waals surface area contributed by atoms with Gasteiger partial charge in [-0.15, -0.1) is 0 Å². The van der Waals surface area contributed by atoms with E-state index in [2.05, 4.69) is 15.8 Å². The van der Waals surface area contributed by atoms with E-state index in [0.717, 1.165) is 0 Å². The van der Waals surface area contributed by atoms with E-state index in [-0.39, 0.29) is 12.2 Å². The van der Waals surface area contributed by atoms with Crippen LogP contribution in [0.2, 0.25) is 0 Å². The molecule has 0 bridgehead atoms. The number of rotatable bonds is 9. The number of nitrogens with one attached hydrogen (secondary N) is 2. The number of hydrogen-bond acceptors (Lipinski definition) is 6. The first-order valence-corrected chi connectivity index (χ1v) is 11.8. The summed E-state index contributed by atoms with van der Waals surface area (Å²) in [4.78, 5) is 37.6. The Morgan fingerprint density at radius 3 is 2.47 bits per heavy atom. The predicted molar refractivity (Wildman–Crippen MR) is 141 cm³/mol. The number of aromatic nitrogens is 1. The summed E-state index contributed by atoms with van der Waals surface area (Å²) in [5, 5.41) is 18.5. The van der Waals surface area contributed by atoms with Crippen LogP contribution >= 0.6 is 0 Å². The summed E-state index contributed by atoms with van der Waals surface area (Å²) in [5.41, 5.74) is 1.98. The highest BCUT2D eigenvalue weighted by atomic mass is 16.5. The largest absolute Gasteiger partial charge is 0.481 e. The van der Waals surface area contributed by atoms with Crippen LogP contribution in [0, 0.1) is 0 Å². The molecular formula is C28H26N4O6. The molecule has 10 nitrogen and oxygen atoms in total. The van der Waals surface area contributed by atoms with Gasteiger partial charge in [0.05, 0.1) is 12.1 Å². The number of hydrogen-bond donors (Lipinski definition) is 3. The molecule has 4 rings (SSSR count). The molecule has 38 heavy (non-hydrogen) atoms. The minimum absolute atomic E-state index is 0.0223. The van der Waals surface area contributed by atoms with Crippen LogP contribution in [0.15, 0.2) is 89.5 Å². The molecule has 0 aliphatic carbocycles. The van der Waals surface area contributed by atoms with Gasteiger partial charge in [-0.25, -0.2) is 4.79 Å². The number of aliphatic carboxylic acids is 1. The summed E-state index contributed by atoms with van der Waals surface area (Å²) < 4.78 is 11.1. The van der Waals surface area contributed by atoms with Crippen LogP contribution in [0.1, 0.15) is 23.9 Å². The molecule has 0 fully saturated rings. The van der Waals surface area contributed by atoms with Crippen LogP contribution in [0.25, 0.3) is 11.3 Å². The van der Waals surface area contributed by atoms with E-state index in [1.807, 2.05) is 36.4 Å². The number of benzene rings is 3. The highest BCUT2D eigenvalue weighted by molar-refractivity contribution is 6.01. The van der Waals surface area contributed by atoms with E-state index in [4.69, 9.17) is 14.4 Å². The van der Waals surface area contributed by atoms with Crippen LogP contribution in [-0.4, -0.2) is 46.2 Å². The highest BCUT2D eigenvalue weighted by Gasteiger charge is 2.23. The van der Waals surface area contributed by atoms with Crippen molar-refractivity contribution in [1.29, 1.82) is 0 Å². The molecule has 3 aromatic carbocycles. The predicted octanol–water partition coefficient (Wildman–Crippen LogP) is 5.71. The molecule has 0 radical (unpaired) electrons. The first-order valence-electron chi connectivity index (χ1n) is 11.8. The summed E-state index contributed by atoms with van der Waals surface area (Å²) in [5.74, 6) is -0.378. The second-order valence-electron chi connectivity index (χ2n) is 8.51. The Hall–Kier alpha value is -5.12. The van der Waals surface area contributed by atoms with Gasteiger partial charge >= 0.3 is 12.0 Å². The van der Waals surface area contributed by atoms with Crippen molar-refractivity contribution in [2.24, 2.45) is 0 Å². The fourth-order valence-electron chi connectivity index (χ4n) is 3.59. The third-order valence-corrected chi connectivity index (χ3v) is 5.69. The molecule has 1 atom stereocenters. The summed E-state index contributed by atoms with van der Waals surface area (Å²) in [6.45, 7) is 1.63. The zero-order valence-corrected chi connectivity index (χ0v) is 20.8. The lowest BCUT2D eigenvalue weighted by molar-refractivity contribution is -0.137. The molecule has 3 N–H and O–H groups in total. The van der Waals surface area contributed by atoms with Crippen molar-refractivity contribution < 1.29 is 28.8 Å². The number of carboxylic acid groups (broad SMARTS) is 1. The molecule has 4 aromatic rings. The third kappa shape index (κ3) is 6.55. The molecular weight excluding hydrogens is 488 g/mol. The average Bonchev–Trinajstić information content (AvgIpc) is 3.40. The number of amides is 3. The van der Waals surface area contributed by atoms with Gasteiger partial charge in [-0.2, -0.15) is 0 Å².